The minimum absolute atomic E-state index is 0.748. The topological polar surface area (TPSA) is 12.0 Å². The van der Waals surface area contributed by atoms with Gasteiger partial charge in [-0.3, -0.25) is 0 Å². The molecule has 3 heteroatoms. The Balaban J connectivity index is 1.81. The second-order valence-electron chi connectivity index (χ2n) is 5.43. The van der Waals surface area contributed by atoms with Crippen LogP contribution in [0.25, 0.3) is 10.1 Å². The Morgan fingerprint density at radius 2 is 2.11 bits per heavy atom. The minimum Gasteiger partial charge on any atom is -0.316 e. The Hall–Kier alpha value is -0.380. The van der Waals surface area contributed by atoms with Crippen molar-refractivity contribution in [2.75, 3.05) is 13.1 Å². The first-order valence-corrected chi connectivity index (χ1v) is 8.71. The highest BCUT2D eigenvalue weighted by Crippen LogP contribution is 2.32. The third-order valence-corrected chi connectivity index (χ3v) is 5.24. The molecule has 1 aromatic carbocycles. The number of benzene rings is 1. The fourth-order valence-electron chi connectivity index (χ4n) is 2.22. The summed E-state index contributed by atoms with van der Waals surface area (Å²) in [6, 6.07) is 6.49. The zero-order valence-corrected chi connectivity index (χ0v) is 14.1. The van der Waals surface area contributed by atoms with E-state index in [1.807, 2.05) is 11.3 Å². The summed E-state index contributed by atoms with van der Waals surface area (Å²) in [5.74, 6) is 0.748. The van der Waals surface area contributed by atoms with Crippen molar-refractivity contribution < 1.29 is 0 Å². The van der Waals surface area contributed by atoms with Crippen LogP contribution >= 0.6 is 27.3 Å². The number of unbranched alkanes of at least 4 members (excludes halogenated alkanes) is 1. The van der Waals surface area contributed by atoms with Gasteiger partial charge in [0.15, 0.2) is 0 Å². The maximum absolute atomic E-state index is 3.63. The molecule has 0 unspecified atom stereocenters. The molecule has 2 aromatic rings. The molecule has 2 rings (SSSR count). The first-order chi connectivity index (χ1) is 9.18. The molecule has 0 saturated heterocycles. The van der Waals surface area contributed by atoms with Crippen LogP contribution in [0.5, 0.6) is 0 Å². The Kier molecular flexibility index (Phi) is 5.86. The number of nitrogens with one attached hydrogen (secondary N) is 1. The summed E-state index contributed by atoms with van der Waals surface area (Å²) < 4.78 is 2.61. The van der Waals surface area contributed by atoms with Crippen LogP contribution in [0.15, 0.2) is 28.1 Å². The molecule has 0 spiro atoms. The van der Waals surface area contributed by atoms with Gasteiger partial charge < -0.3 is 5.32 Å². The fourth-order valence-corrected chi connectivity index (χ4v) is 3.88. The molecule has 0 bridgehead atoms. The fraction of sp³-hybridized carbons (Fsp3) is 0.500. The molecule has 1 N–H and O–H groups in total. The monoisotopic (exact) mass is 339 g/mol. The predicted molar refractivity (Wildman–Crippen MR) is 90.2 cm³/mol. The summed E-state index contributed by atoms with van der Waals surface area (Å²) in [6.45, 7) is 6.78. The minimum atomic E-state index is 0.748. The molecular formula is C16H22BrNS. The van der Waals surface area contributed by atoms with E-state index in [1.54, 1.807) is 0 Å². The molecule has 0 aliphatic rings. The van der Waals surface area contributed by atoms with E-state index in [1.165, 1.54) is 39.4 Å². The number of thiophene rings is 1. The molecule has 0 atom stereocenters. The molecule has 0 saturated carbocycles. The number of hydrogen-bond donors (Lipinski definition) is 1. The highest BCUT2D eigenvalue weighted by molar-refractivity contribution is 9.10. The van der Waals surface area contributed by atoms with E-state index in [-0.39, 0.29) is 0 Å². The quantitative estimate of drug-likeness (QED) is 0.681. The standard InChI is InChI=1S/C16H22BrNS/c1-12(2)10-18-9-4-3-6-13-11-19-16-14(13)7-5-8-15(16)17/h5,7-8,11-12,18H,3-4,6,9-10H2,1-2H3. The van der Waals surface area contributed by atoms with Gasteiger partial charge in [0.05, 0.1) is 0 Å². The Bertz CT molecular complexity index is 518. The van der Waals surface area contributed by atoms with Gasteiger partial charge in [-0.15, -0.1) is 11.3 Å². The third-order valence-electron chi connectivity index (χ3n) is 3.23. The van der Waals surface area contributed by atoms with Crippen LogP contribution in [0.2, 0.25) is 0 Å². The van der Waals surface area contributed by atoms with E-state index in [2.05, 4.69) is 58.7 Å². The van der Waals surface area contributed by atoms with Crippen molar-refractivity contribution in [3.63, 3.8) is 0 Å². The largest absolute Gasteiger partial charge is 0.316 e. The van der Waals surface area contributed by atoms with Gasteiger partial charge in [-0.05, 0) is 76.6 Å². The Morgan fingerprint density at radius 3 is 2.89 bits per heavy atom. The first kappa shape index (κ1) is 15.0. The van der Waals surface area contributed by atoms with Crippen molar-refractivity contribution in [1.82, 2.24) is 5.32 Å². The third kappa shape index (κ3) is 4.30. The van der Waals surface area contributed by atoms with Crippen molar-refractivity contribution in [3.05, 3.63) is 33.6 Å². The SMILES string of the molecule is CC(C)CNCCCCc1csc2c(Br)cccc12. The Morgan fingerprint density at radius 1 is 1.26 bits per heavy atom. The average Bonchev–Trinajstić information content (AvgIpc) is 2.78. The van der Waals surface area contributed by atoms with E-state index in [9.17, 15) is 0 Å². The van der Waals surface area contributed by atoms with Crippen LogP contribution in [0, 0.1) is 5.92 Å². The zero-order chi connectivity index (χ0) is 13.7. The van der Waals surface area contributed by atoms with Crippen molar-refractivity contribution in [2.45, 2.75) is 33.1 Å². The van der Waals surface area contributed by atoms with Gasteiger partial charge in [0.25, 0.3) is 0 Å². The molecule has 104 valence electrons. The van der Waals surface area contributed by atoms with Gasteiger partial charge in [0.2, 0.25) is 0 Å². The van der Waals surface area contributed by atoms with Gasteiger partial charge in [-0.25, -0.2) is 0 Å². The summed E-state index contributed by atoms with van der Waals surface area (Å²) in [4.78, 5) is 0. The van der Waals surface area contributed by atoms with Crippen LogP contribution < -0.4 is 5.32 Å². The summed E-state index contributed by atoms with van der Waals surface area (Å²) >= 11 is 5.48. The van der Waals surface area contributed by atoms with Crippen molar-refractivity contribution in [3.8, 4) is 0 Å². The highest BCUT2D eigenvalue weighted by Gasteiger charge is 2.06. The maximum atomic E-state index is 3.63. The number of halogens is 1. The van der Waals surface area contributed by atoms with E-state index in [0.29, 0.717) is 0 Å². The molecule has 0 aliphatic heterocycles. The normalized spacial score (nSPS) is 11.6. The number of aryl methyl sites for hydroxylation is 1. The molecule has 1 heterocycles. The maximum Gasteiger partial charge on any atom is 0.0487 e. The summed E-state index contributed by atoms with van der Waals surface area (Å²) in [7, 11) is 0. The Labute approximate surface area is 128 Å². The number of hydrogen-bond acceptors (Lipinski definition) is 2. The van der Waals surface area contributed by atoms with Crippen LogP contribution in [0.4, 0.5) is 0 Å². The zero-order valence-electron chi connectivity index (χ0n) is 11.7. The lowest BCUT2D eigenvalue weighted by atomic mass is 10.1. The number of rotatable bonds is 7. The van der Waals surface area contributed by atoms with Crippen LogP contribution in [-0.2, 0) is 6.42 Å². The number of fused-ring (bicyclic) bond motifs is 1. The van der Waals surface area contributed by atoms with Crippen molar-refractivity contribution in [2.24, 2.45) is 5.92 Å². The van der Waals surface area contributed by atoms with Gasteiger partial charge >= 0.3 is 0 Å². The second kappa shape index (κ2) is 7.41. The van der Waals surface area contributed by atoms with Crippen LogP contribution in [0.1, 0.15) is 32.3 Å². The van der Waals surface area contributed by atoms with E-state index in [4.69, 9.17) is 0 Å². The second-order valence-corrected chi connectivity index (χ2v) is 7.17. The molecule has 0 amide bonds. The van der Waals surface area contributed by atoms with Crippen LogP contribution in [0.3, 0.4) is 0 Å². The molecule has 0 radical (unpaired) electrons. The smallest absolute Gasteiger partial charge is 0.0487 e. The lowest BCUT2D eigenvalue weighted by Crippen LogP contribution is -2.20. The van der Waals surface area contributed by atoms with Crippen molar-refractivity contribution in [1.29, 1.82) is 0 Å². The molecular weight excluding hydrogens is 318 g/mol. The summed E-state index contributed by atoms with van der Waals surface area (Å²) in [6.07, 6.45) is 3.72. The van der Waals surface area contributed by atoms with E-state index in [0.717, 1.165) is 19.0 Å². The van der Waals surface area contributed by atoms with E-state index < -0.39 is 0 Å². The highest BCUT2D eigenvalue weighted by atomic mass is 79.9. The van der Waals surface area contributed by atoms with Crippen LogP contribution in [-0.4, -0.2) is 13.1 Å². The molecule has 1 nitrogen and oxygen atoms in total. The van der Waals surface area contributed by atoms with Gasteiger partial charge in [0, 0.05) is 9.17 Å². The first-order valence-electron chi connectivity index (χ1n) is 7.04. The van der Waals surface area contributed by atoms with Gasteiger partial charge in [0.1, 0.15) is 0 Å². The molecule has 0 aliphatic carbocycles. The van der Waals surface area contributed by atoms with Gasteiger partial charge in [-0.2, -0.15) is 0 Å². The average molecular weight is 340 g/mol. The lowest BCUT2D eigenvalue weighted by Gasteiger charge is -2.06. The van der Waals surface area contributed by atoms with Crippen molar-refractivity contribution >= 4 is 37.4 Å². The van der Waals surface area contributed by atoms with Gasteiger partial charge in [-0.1, -0.05) is 26.0 Å². The molecule has 1 aromatic heterocycles. The lowest BCUT2D eigenvalue weighted by molar-refractivity contribution is 0.536. The molecule has 0 fully saturated rings. The summed E-state index contributed by atoms with van der Waals surface area (Å²) in [5.41, 5.74) is 1.50. The predicted octanol–water partition coefficient (Wildman–Crippen LogP) is 5.23. The summed E-state index contributed by atoms with van der Waals surface area (Å²) in [5, 5.41) is 7.25. The molecule has 19 heavy (non-hydrogen) atoms. The van der Waals surface area contributed by atoms with E-state index >= 15 is 0 Å².